The average Bonchev–Trinajstić information content (AvgIpc) is 2.55. The zero-order valence-electron chi connectivity index (χ0n) is 16.7. The first-order valence-electron chi connectivity index (χ1n) is 8.88. The van der Waals surface area contributed by atoms with Gasteiger partial charge in [-0.05, 0) is 42.1 Å². The van der Waals surface area contributed by atoms with Gasteiger partial charge in [0.15, 0.2) is 0 Å². The number of nitrogens with two attached hydrogens (primary N) is 1. The SMILES string of the molecule is COc1ccccc1-c1cccc(CN(C)[C@H](C(N)=O)C(C)(C)C)c1C. The van der Waals surface area contributed by atoms with Gasteiger partial charge in [-0.2, -0.15) is 0 Å². The molecule has 4 nitrogen and oxygen atoms in total. The minimum Gasteiger partial charge on any atom is -0.496 e. The topological polar surface area (TPSA) is 55.6 Å². The molecule has 2 N–H and O–H groups in total. The van der Waals surface area contributed by atoms with E-state index in [1.54, 1.807) is 7.11 Å². The molecule has 1 atom stereocenters. The Labute approximate surface area is 157 Å². The van der Waals surface area contributed by atoms with Crippen LogP contribution in [0.5, 0.6) is 5.75 Å². The molecule has 1 amide bonds. The minimum absolute atomic E-state index is 0.227. The lowest BCUT2D eigenvalue weighted by Gasteiger charge is -2.36. The van der Waals surface area contributed by atoms with Crippen LogP contribution in [0.15, 0.2) is 42.5 Å². The predicted octanol–water partition coefficient (Wildman–Crippen LogP) is 4.00. The Bertz CT molecular complexity index is 778. The number of carbonyl (C=O) groups is 1. The highest BCUT2D eigenvalue weighted by Gasteiger charge is 2.33. The van der Waals surface area contributed by atoms with E-state index in [4.69, 9.17) is 10.5 Å². The standard InChI is InChI=1S/C22H30N2O2/c1-15-16(14-24(5)20(21(23)25)22(2,3)4)10-9-12-17(15)18-11-7-8-13-19(18)26-6/h7-13,20H,14H2,1-6H3,(H2,23,25)/t20-/m1/s1. The van der Waals surface area contributed by atoms with E-state index in [1.807, 2.05) is 57.0 Å². The molecule has 0 aliphatic heterocycles. The molecule has 0 bridgehead atoms. The van der Waals surface area contributed by atoms with Crippen molar-refractivity contribution >= 4 is 5.91 Å². The van der Waals surface area contributed by atoms with Gasteiger partial charge in [0.05, 0.1) is 13.2 Å². The maximum atomic E-state index is 12.0. The van der Waals surface area contributed by atoms with E-state index >= 15 is 0 Å². The molecule has 2 rings (SSSR count). The van der Waals surface area contributed by atoms with Gasteiger partial charge in [0.25, 0.3) is 0 Å². The van der Waals surface area contributed by atoms with Crippen molar-refractivity contribution < 1.29 is 9.53 Å². The van der Waals surface area contributed by atoms with Gasteiger partial charge in [-0.25, -0.2) is 0 Å². The number of primary amides is 1. The number of rotatable bonds is 6. The number of hydrogen-bond acceptors (Lipinski definition) is 3. The average molecular weight is 354 g/mol. The number of carbonyl (C=O) groups excluding carboxylic acids is 1. The monoisotopic (exact) mass is 354 g/mol. The molecule has 0 aliphatic rings. The van der Waals surface area contributed by atoms with Crippen LogP contribution in [0.25, 0.3) is 11.1 Å². The third-order valence-electron chi connectivity index (χ3n) is 4.79. The second-order valence-electron chi connectivity index (χ2n) is 7.88. The highest BCUT2D eigenvalue weighted by Crippen LogP contribution is 2.34. The van der Waals surface area contributed by atoms with Crippen molar-refractivity contribution in [3.63, 3.8) is 0 Å². The molecule has 0 unspecified atom stereocenters. The van der Waals surface area contributed by atoms with E-state index < -0.39 is 0 Å². The molecule has 4 heteroatoms. The summed E-state index contributed by atoms with van der Waals surface area (Å²) in [6, 6.07) is 13.9. The van der Waals surface area contributed by atoms with Crippen molar-refractivity contribution in [2.45, 2.75) is 40.3 Å². The Morgan fingerprint density at radius 3 is 2.31 bits per heavy atom. The van der Waals surface area contributed by atoms with Crippen LogP contribution < -0.4 is 10.5 Å². The maximum absolute atomic E-state index is 12.0. The van der Waals surface area contributed by atoms with Gasteiger partial charge in [0.2, 0.25) is 5.91 Å². The summed E-state index contributed by atoms with van der Waals surface area (Å²) in [6.07, 6.45) is 0. The van der Waals surface area contributed by atoms with Gasteiger partial charge >= 0.3 is 0 Å². The third kappa shape index (κ3) is 4.25. The first-order chi connectivity index (χ1) is 12.2. The normalized spacial score (nSPS) is 12.9. The molecule has 0 spiro atoms. The molecule has 0 aromatic heterocycles. The van der Waals surface area contributed by atoms with Crippen molar-refractivity contribution in [3.8, 4) is 16.9 Å². The Balaban J connectivity index is 2.39. The molecule has 2 aromatic rings. The van der Waals surface area contributed by atoms with Crippen LogP contribution in [-0.2, 0) is 11.3 Å². The molecule has 140 valence electrons. The molecule has 0 saturated carbocycles. The number of likely N-dealkylation sites (N-methyl/N-ethyl adjacent to an activating group) is 1. The van der Waals surface area contributed by atoms with E-state index in [1.165, 1.54) is 11.1 Å². The van der Waals surface area contributed by atoms with E-state index in [0.717, 1.165) is 16.9 Å². The van der Waals surface area contributed by atoms with Crippen LogP contribution in [0.4, 0.5) is 0 Å². The number of benzene rings is 2. The third-order valence-corrected chi connectivity index (χ3v) is 4.79. The number of hydrogen-bond donors (Lipinski definition) is 1. The lowest BCUT2D eigenvalue weighted by atomic mass is 9.85. The van der Waals surface area contributed by atoms with E-state index in [2.05, 4.69) is 25.1 Å². The summed E-state index contributed by atoms with van der Waals surface area (Å²) in [5.74, 6) is 0.560. The smallest absolute Gasteiger partial charge is 0.235 e. The first-order valence-corrected chi connectivity index (χ1v) is 8.88. The molecular formula is C22H30N2O2. The second kappa shape index (κ2) is 7.92. The predicted molar refractivity (Wildman–Crippen MR) is 107 cm³/mol. The van der Waals surface area contributed by atoms with E-state index in [-0.39, 0.29) is 17.4 Å². The summed E-state index contributed by atoms with van der Waals surface area (Å²) in [7, 11) is 3.64. The minimum atomic E-state index is -0.336. The summed E-state index contributed by atoms with van der Waals surface area (Å²) >= 11 is 0. The van der Waals surface area contributed by atoms with Crippen molar-refractivity contribution in [2.24, 2.45) is 11.1 Å². The Morgan fingerprint density at radius 1 is 1.12 bits per heavy atom. The van der Waals surface area contributed by atoms with Crippen molar-refractivity contribution in [1.82, 2.24) is 4.90 Å². The summed E-state index contributed by atoms with van der Waals surface area (Å²) in [4.78, 5) is 14.0. The number of ether oxygens (including phenoxy) is 1. The summed E-state index contributed by atoms with van der Waals surface area (Å²) < 4.78 is 5.52. The molecule has 0 heterocycles. The Kier molecular flexibility index (Phi) is 6.09. The molecule has 0 radical (unpaired) electrons. The van der Waals surface area contributed by atoms with Crippen LogP contribution >= 0.6 is 0 Å². The van der Waals surface area contributed by atoms with Gasteiger partial charge in [-0.1, -0.05) is 57.2 Å². The number of para-hydroxylation sites is 1. The lowest BCUT2D eigenvalue weighted by Crippen LogP contribution is -2.50. The quantitative estimate of drug-likeness (QED) is 0.853. The van der Waals surface area contributed by atoms with Gasteiger partial charge < -0.3 is 10.5 Å². The molecule has 0 saturated heterocycles. The van der Waals surface area contributed by atoms with Crippen LogP contribution in [-0.4, -0.2) is 31.0 Å². The number of amides is 1. The van der Waals surface area contributed by atoms with Gasteiger partial charge in [0, 0.05) is 12.1 Å². The fraction of sp³-hybridized carbons (Fsp3) is 0.409. The number of methoxy groups -OCH3 is 1. The van der Waals surface area contributed by atoms with Gasteiger partial charge in [0.1, 0.15) is 5.75 Å². The highest BCUT2D eigenvalue weighted by atomic mass is 16.5. The molecule has 26 heavy (non-hydrogen) atoms. The zero-order valence-corrected chi connectivity index (χ0v) is 16.7. The van der Waals surface area contributed by atoms with Gasteiger partial charge in [-0.3, -0.25) is 9.69 Å². The molecule has 2 aromatic carbocycles. The van der Waals surface area contributed by atoms with Crippen LogP contribution in [0, 0.1) is 12.3 Å². The van der Waals surface area contributed by atoms with Crippen molar-refractivity contribution in [2.75, 3.05) is 14.2 Å². The summed E-state index contributed by atoms with van der Waals surface area (Å²) in [5, 5.41) is 0. The Morgan fingerprint density at radius 2 is 1.73 bits per heavy atom. The Hall–Kier alpha value is -2.33. The number of nitrogens with zero attached hydrogens (tertiary/aromatic N) is 1. The second-order valence-corrected chi connectivity index (χ2v) is 7.88. The van der Waals surface area contributed by atoms with Crippen molar-refractivity contribution in [1.29, 1.82) is 0 Å². The molecular weight excluding hydrogens is 324 g/mol. The first kappa shape index (κ1) is 20.0. The van der Waals surface area contributed by atoms with Gasteiger partial charge in [-0.15, -0.1) is 0 Å². The maximum Gasteiger partial charge on any atom is 0.235 e. The highest BCUT2D eigenvalue weighted by molar-refractivity contribution is 5.80. The van der Waals surface area contributed by atoms with Crippen LogP contribution in [0.2, 0.25) is 0 Å². The molecule has 0 aliphatic carbocycles. The molecule has 0 fully saturated rings. The van der Waals surface area contributed by atoms with Crippen molar-refractivity contribution in [3.05, 3.63) is 53.6 Å². The fourth-order valence-corrected chi connectivity index (χ4v) is 3.68. The summed E-state index contributed by atoms with van der Waals surface area (Å²) in [5.41, 5.74) is 10.0. The van der Waals surface area contributed by atoms with Crippen LogP contribution in [0.3, 0.4) is 0 Å². The lowest BCUT2D eigenvalue weighted by molar-refractivity contribution is -0.126. The van der Waals surface area contributed by atoms with Crippen LogP contribution in [0.1, 0.15) is 31.9 Å². The zero-order chi connectivity index (χ0) is 19.5. The fourth-order valence-electron chi connectivity index (χ4n) is 3.68. The van der Waals surface area contributed by atoms with E-state index in [9.17, 15) is 4.79 Å². The largest absolute Gasteiger partial charge is 0.496 e. The summed E-state index contributed by atoms with van der Waals surface area (Å²) in [6.45, 7) is 8.88. The van der Waals surface area contributed by atoms with E-state index in [0.29, 0.717) is 6.54 Å².